The number of esters is 1. The Morgan fingerprint density at radius 1 is 1.00 bits per heavy atom. The number of urea groups is 1. The van der Waals surface area contributed by atoms with E-state index in [-0.39, 0.29) is 12.4 Å². The molecular formula is C20H28F2N4O5. The molecule has 0 aromatic heterocycles. The van der Waals surface area contributed by atoms with E-state index in [1.807, 2.05) is 0 Å². The fourth-order valence-electron chi connectivity index (χ4n) is 2.04. The van der Waals surface area contributed by atoms with Gasteiger partial charge in [-0.15, -0.1) is 0 Å². The quantitative estimate of drug-likeness (QED) is 0.371. The molecule has 0 saturated carbocycles. The van der Waals surface area contributed by atoms with E-state index < -0.39 is 52.2 Å². The third-order valence-electron chi connectivity index (χ3n) is 3.43. The van der Waals surface area contributed by atoms with Gasteiger partial charge in [0.25, 0.3) is 0 Å². The highest BCUT2D eigenvalue weighted by molar-refractivity contribution is 6.03. The van der Waals surface area contributed by atoms with E-state index in [9.17, 15) is 23.2 Å². The molecule has 0 saturated heterocycles. The first-order valence-electron chi connectivity index (χ1n) is 9.31. The Morgan fingerprint density at radius 2 is 1.55 bits per heavy atom. The highest BCUT2D eigenvalue weighted by Gasteiger charge is 2.24. The first kappa shape index (κ1) is 25.8. The average molecular weight is 442 g/mol. The number of hydrogen-bond donors (Lipinski definition) is 3. The summed E-state index contributed by atoms with van der Waals surface area (Å²) in [5.74, 6) is -3.54. The van der Waals surface area contributed by atoms with Crippen LogP contribution >= 0.6 is 0 Å². The van der Waals surface area contributed by atoms with Crippen LogP contribution in [0, 0.1) is 17.0 Å². The third kappa shape index (κ3) is 8.57. The minimum Gasteiger partial charge on any atom is -0.456 e. The zero-order chi connectivity index (χ0) is 24.1. The van der Waals surface area contributed by atoms with E-state index in [0.29, 0.717) is 12.1 Å². The van der Waals surface area contributed by atoms with Crippen LogP contribution in [0.1, 0.15) is 51.9 Å². The number of carbonyl (C=O) groups is 3. The van der Waals surface area contributed by atoms with E-state index in [1.165, 1.54) is 7.05 Å². The molecule has 0 aliphatic heterocycles. The lowest BCUT2D eigenvalue weighted by Gasteiger charge is -2.22. The molecule has 0 bridgehead atoms. The van der Waals surface area contributed by atoms with Crippen molar-refractivity contribution < 1.29 is 32.6 Å². The van der Waals surface area contributed by atoms with Crippen LogP contribution in [0.3, 0.4) is 0 Å². The van der Waals surface area contributed by atoms with E-state index in [1.54, 1.807) is 41.5 Å². The number of ether oxygens (including phenoxy) is 2. The lowest BCUT2D eigenvalue weighted by atomic mass is 10.1. The number of halogens is 2. The Labute approximate surface area is 179 Å². The second-order valence-corrected chi connectivity index (χ2v) is 8.61. The van der Waals surface area contributed by atoms with Crippen molar-refractivity contribution in [1.82, 2.24) is 10.2 Å². The van der Waals surface area contributed by atoms with Crippen molar-refractivity contribution in [3.63, 3.8) is 0 Å². The second kappa shape index (κ2) is 9.71. The molecule has 172 valence electrons. The summed E-state index contributed by atoms with van der Waals surface area (Å²) in [5.41, 5.74) is -2.78. The normalized spacial score (nSPS) is 11.4. The van der Waals surface area contributed by atoms with Crippen molar-refractivity contribution in [3.05, 3.63) is 29.3 Å². The van der Waals surface area contributed by atoms with Crippen molar-refractivity contribution in [2.45, 2.75) is 52.7 Å². The van der Waals surface area contributed by atoms with Gasteiger partial charge in [0, 0.05) is 13.1 Å². The molecule has 0 fully saturated rings. The van der Waals surface area contributed by atoms with Crippen LogP contribution in [0.2, 0.25) is 0 Å². The molecule has 9 nitrogen and oxygen atoms in total. The zero-order valence-electron chi connectivity index (χ0n) is 18.6. The molecular weight excluding hydrogens is 414 g/mol. The molecule has 11 heteroatoms. The maximum Gasteiger partial charge on any atom is 0.408 e. The van der Waals surface area contributed by atoms with Crippen molar-refractivity contribution in [2.75, 3.05) is 18.9 Å². The molecule has 1 aromatic carbocycles. The van der Waals surface area contributed by atoms with Crippen LogP contribution in [0.15, 0.2) is 12.1 Å². The highest BCUT2D eigenvalue weighted by atomic mass is 19.1. The largest absolute Gasteiger partial charge is 0.456 e. The van der Waals surface area contributed by atoms with E-state index >= 15 is 0 Å². The number of benzene rings is 1. The molecule has 3 N–H and O–H groups in total. The maximum atomic E-state index is 14.3. The Balaban J connectivity index is 2.80. The number of amides is 3. The predicted octanol–water partition coefficient (Wildman–Crippen LogP) is 3.89. The summed E-state index contributed by atoms with van der Waals surface area (Å²) >= 11 is 0. The number of likely N-dealkylation sites (N-methyl/N-ethyl adjacent to an activating group) is 1. The van der Waals surface area contributed by atoms with Gasteiger partial charge in [0.05, 0.1) is 17.8 Å². The summed E-state index contributed by atoms with van der Waals surface area (Å²) in [6.07, 6.45) is -0.781. The number of hydrogen-bond acceptors (Lipinski definition) is 6. The van der Waals surface area contributed by atoms with Gasteiger partial charge < -0.3 is 20.1 Å². The molecule has 3 amide bonds. The SMILES string of the molecule is CN(C(=N)CNC(=O)OC(C)(C)C)C(=O)Nc1cc(F)c(C(=O)OC(C)(C)C)cc1F. The molecule has 0 aliphatic rings. The topological polar surface area (TPSA) is 121 Å². The van der Waals surface area contributed by atoms with E-state index in [0.717, 1.165) is 4.90 Å². The summed E-state index contributed by atoms with van der Waals surface area (Å²) in [7, 11) is 1.21. The van der Waals surface area contributed by atoms with Gasteiger partial charge in [-0.2, -0.15) is 0 Å². The lowest BCUT2D eigenvalue weighted by Crippen LogP contribution is -2.43. The predicted molar refractivity (Wildman–Crippen MR) is 110 cm³/mol. The van der Waals surface area contributed by atoms with Crippen molar-refractivity contribution in [1.29, 1.82) is 5.41 Å². The van der Waals surface area contributed by atoms with Crippen LogP contribution < -0.4 is 10.6 Å². The number of nitrogens with one attached hydrogen (secondary N) is 3. The van der Waals surface area contributed by atoms with Crippen LogP contribution in [-0.2, 0) is 9.47 Å². The molecule has 0 heterocycles. The molecule has 31 heavy (non-hydrogen) atoms. The van der Waals surface area contributed by atoms with Gasteiger partial charge in [0.1, 0.15) is 28.7 Å². The first-order valence-corrected chi connectivity index (χ1v) is 9.31. The third-order valence-corrected chi connectivity index (χ3v) is 3.43. The number of nitrogens with zero attached hydrogens (tertiary/aromatic N) is 1. The van der Waals surface area contributed by atoms with Crippen molar-refractivity contribution >= 4 is 29.6 Å². The summed E-state index contributed by atoms with van der Waals surface area (Å²) in [6.45, 7) is 9.40. The lowest BCUT2D eigenvalue weighted by molar-refractivity contribution is 0.00639. The first-order chi connectivity index (χ1) is 14.0. The molecule has 1 aromatic rings. The van der Waals surface area contributed by atoms with Crippen LogP contribution in [-0.4, -0.2) is 53.6 Å². The van der Waals surface area contributed by atoms with E-state index in [2.05, 4.69) is 10.6 Å². The minimum absolute atomic E-state index is 0.338. The summed E-state index contributed by atoms with van der Waals surface area (Å²) in [6, 6.07) is 0.302. The number of rotatable bonds is 4. The highest BCUT2D eigenvalue weighted by Crippen LogP contribution is 2.22. The van der Waals surface area contributed by atoms with Crippen LogP contribution in [0.4, 0.5) is 24.1 Å². The monoisotopic (exact) mass is 442 g/mol. The van der Waals surface area contributed by atoms with Gasteiger partial charge in [-0.05, 0) is 47.6 Å². The van der Waals surface area contributed by atoms with Gasteiger partial charge in [-0.1, -0.05) is 0 Å². The number of carbonyl (C=O) groups excluding carboxylic acids is 3. The summed E-state index contributed by atoms with van der Waals surface area (Å²) in [4.78, 5) is 36.6. The number of amidine groups is 1. The van der Waals surface area contributed by atoms with Gasteiger partial charge >= 0.3 is 18.1 Å². The van der Waals surface area contributed by atoms with Crippen molar-refractivity contribution in [3.8, 4) is 0 Å². The molecule has 0 atom stereocenters. The average Bonchev–Trinajstić information content (AvgIpc) is 2.58. The Kier molecular flexibility index (Phi) is 8.08. The molecule has 1 rings (SSSR count). The van der Waals surface area contributed by atoms with Gasteiger partial charge in [-0.25, -0.2) is 23.2 Å². The number of anilines is 1. The zero-order valence-corrected chi connectivity index (χ0v) is 18.6. The fraction of sp³-hybridized carbons (Fsp3) is 0.500. The summed E-state index contributed by atoms with van der Waals surface area (Å²) < 4.78 is 38.6. The minimum atomic E-state index is -1.09. The smallest absolute Gasteiger partial charge is 0.408 e. The van der Waals surface area contributed by atoms with Crippen molar-refractivity contribution in [2.24, 2.45) is 0 Å². The van der Waals surface area contributed by atoms with Gasteiger partial charge in [0.15, 0.2) is 0 Å². The molecule has 0 aliphatic carbocycles. The summed E-state index contributed by atoms with van der Waals surface area (Å²) in [5, 5.41) is 12.3. The standard InChI is InChI=1S/C20H28F2N4O5/c1-19(2,3)30-16(27)11-8-13(22)14(9-12(11)21)25-17(28)26(7)15(23)10-24-18(29)31-20(4,5)6/h8-9,23H,10H2,1-7H3,(H,24,29)(H,25,28). The molecule has 0 radical (unpaired) electrons. The molecule has 0 unspecified atom stereocenters. The van der Waals surface area contributed by atoms with Gasteiger partial charge in [-0.3, -0.25) is 10.3 Å². The molecule has 0 spiro atoms. The van der Waals surface area contributed by atoms with Crippen LogP contribution in [0.5, 0.6) is 0 Å². The maximum absolute atomic E-state index is 14.3. The second-order valence-electron chi connectivity index (χ2n) is 8.61. The Hall–Kier alpha value is -3.24. The van der Waals surface area contributed by atoms with Crippen LogP contribution in [0.25, 0.3) is 0 Å². The fourth-order valence-corrected chi connectivity index (χ4v) is 2.04. The number of alkyl carbamates (subject to hydrolysis) is 1. The Morgan fingerprint density at radius 3 is 2.06 bits per heavy atom. The van der Waals surface area contributed by atoms with Gasteiger partial charge in [0.2, 0.25) is 0 Å². The van der Waals surface area contributed by atoms with E-state index in [4.69, 9.17) is 14.9 Å². The Bertz CT molecular complexity index is 876.